The van der Waals surface area contributed by atoms with Gasteiger partial charge in [0.15, 0.2) is 5.76 Å². The number of benzene rings is 4. The van der Waals surface area contributed by atoms with E-state index in [-0.39, 0.29) is 45.3 Å². The fraction of sp³-hybridized carbons (Fsp3) is 0.213. The molecule has 2 N–H and O–H groups in total. The minimum atomic E-state index is -0.696. The van der Waals surface area contributed by atoms with Crippen LogP contribution in [0.4, 0.5) is 11.4 Å². The fourth-order valence-electron chi connectivity index (χ4n) is 8.36. The van der Waals surface area contributed by atoms with Crippen LogP contribution in [-0.2, 0) is 9.59 Å². The minimum absolute atomic E-state index is 0.154. The van der Waals surface area contributed by atoms with Crippen LogP contribution in [0, 0.1) is 0 Å². The second-order valence-electron chi connectivity index (χ2n) is 15.2. The van der Waals surface area contributed by atoms with Crippen molar-refractivity contribution in [2.75, 3.05) is 37.9 Å². The van der Waals surface area contributed by atoms with E-state index in [0.717, 1.165) is 5.56 Å². The van der Waals surface area contributed by atoms with Gasteiger partial charge < -0.3 is 34.3 Å². The molecule has 2 aliphatic rings. The number of amides is 4. The van der Waals surface area contributed by atoms with Crippen molar-refractivity contribution in [3.8, 4) is 34.3 Å². The summed E-state index contributed by atoms with van der Waals surface area (Å²) < 4.78 is 17.1. The fourth-order valence-corrected chi connectivity index (χ4v) is 8.75. The van der Waals surface area contributed by atoms with E-state index < -0.39 is 12.1 Å². The van der Waals surface area contributed by atoms with Crippen LogP contribution in [0.15, 0.2) is 108 Å². The number of nitrogens with zero attached hydrogens (tertiary/aromatic N) is 5. The maximum atomic E-state index is 13.9. The molecule has 16 heteroatoms. The zero-order valence-corrected chi connectivity index (χ0v) is 35.6. The Morgan fingerprint density at radius 3 is 1.56 bits per heavy atom. The molecule has 5 heterocycles. The first kappa shape index (κ1) is 41.3. The first-order valence-corrected chi connectivity index (χ1v) is 21.0. The SMILES string of the molecule is COc1cccc2c(C(=O)N3CCCC3C(=O)Nc3ccc(-c4cnc(-c5ccc(NC(=O)C6CCCN6C(=O)c6nc(Cl)cc7c(OC)cccc67)cc5)o4)cc3)nc(Cl)cc12. The van der Waals surface area contributed by atoms with Gasteiger partial charge in [-0.25, -0.2) is 15.0 Å². The number of anilines is 2. The smallest absolute Gasteiger partial charge is 0.273 e. The Labute approximate surface area is 371 Å². The van der Waals surface area contributed by atoms with Crippen LogP contribution in [-0.4, -0.2) is 87.8 Å². The monoisotopic (exact) mass is 883 g/mol. The summed E-state index contributed by atoms with van der Waals surface area (Å²) in [6.07, 6.45) is 3.94. The number of rotatable bonds is 10. The molecule has 3 aromatic heterocycles. The minimum Gasteiger partial charge on any atom is -0.496 e. The molecule has 14 nitrogen and oxygen atoms in total. The van der Waals surface area contributed by atoms with E-state index in [1.54, 1.807) is 115 Å². The number of carbonyl (C=O) groups excluding carboxylic acids is 4. The molecule has 0 spiro atoms. The Bertz CT molecular complexity index is 2730. The van der Waals surface area contributed by atoms with E-state index in [1.165, 1.54) is 0 Å². The summed E-state index contributed by atoms with van der Waals surface area (Å²) in [5.74, 6) is 0.643. The summed E-state index contributed by atoms with van der Waals surface area (Å²) in [6.45, 7) is 0.805. The molecule has 318 valence electrons. The van der Waals surface area contributed by atoms with E-state index in [0.29, 0.717) is 100 Å². The number of ether oxygens (including phenoxy) is 2. The molecule has 0 radical (unpaired) electrons. The van der Waals surface area contributed by atoms with Crippen LogP contribution in [0.5, 0.6) is 11.5 Å². The molecule has 0 bridgehead atoms. The summed E-state index contributed by atoms with van der Waals surface area (Å²) in [5.41, 5.74) is 2.85. The number of carbonyl (C=O) groups is 4. The summed E-state index contributed by atoms with van der Waals surface area (Å²) in [6, 6.07) is 26.8. The number of fused-ring (bicyclic) bond motifs is 2. The lowest BCUT2D eigenvalue weighted by atomic mass is 10.1. The second-order valence-corrected chi connectivity index (χ2v) is 15.9. The van der Waals surface area contributed by atoms with Gasteiger partial charge in [-0.1, -0.05) is 47.5 Å². The second kappa shape index (κ2) is 17.4. The molecule has 9 rings (SSSR count). The predicted molar refractivity (Wildman–Crippen MR) is 239 cm³/mol. The van der Waals surface area contributed by atoms with Gasteiger partial charge in [-0.05, 0) is 98.5 Å². The molecule has 2 saturated heterocycles. The van der Waals surface area contributed by atoms with Crippen LogP contribution in [0.25, 0.3) is 44.3 Å². The number of aromatic nitrogens is 3. The molecule has 0 aliphatic carbocycles. The lowest BCUT2D eigenvalue weighted by molar-refractivity contribution is -0.120. The van der Waals surface area contributed by atoms with Gasteiger partial charge in [-0.15, -0.1) is 0 Å². The zero-order valence-electron chi connectivity index (χ0n) is 34.1. The van der Waals surface area contributed by atoms with Crippen molar-refractivity contribution >= 4 is 79.8 Å². The van der Waals surface area contributed by atoms with Gasteiger partial charge in [0, 0.05) is 57.1 Å². The largest absolute Gasteiger partial charge is 0.496 e. The Hall–Kier alpha value is -7.03. The molecule has 4 aromatic carbocycles. The van der Waals surface area contributed by atoms with Gasteiger partial charge >= 0.3 is 0 Å². The molecule has 4 amide bonds. The Morgan fingerprint density at radius 2 is 1.10 bits per heavy atom. The average Bonchev–Trinajstić information content (AvgIpc) is 4.11. The average molecular weight is 885 g/mol. The number of likely N-dealkylation sites (tertiary alicyclic amines) is 2. The summed E-state index contributed by atoms with van der Waals surface area (Å²) in [5, 5.41) is 8.72. The number of methoxy groups -OCH3 is 2. The number of hydrogen-bond acceptors (Lipinski definition) is 10. The van der Waals surface area contributed by atoms with Crippen molar-refractivity contribution in [3.63, 3.8) is 0 Å². The maximum Gasteiger partial charge on any atom is 0.273 e. The van der Waals surface area contributed by atoms with Crippen LogP contribution in [0.3, 0.4) is 0 Å². The predicted octanol–water partition coefficient (Wildman–Crippen LogP) is 8.92. The third-order valence-electron chi connectivity index (χ3n) is 11.4. The molecular formula is C47H39Cl2N7O7. The van der Waals surface area contributed by atoms with E-state index >= 15 is 0 Å². The first-order valence-electron chi connectivity index (χ1n) is 20.3. The quantitative estimate of drug-likeness (QED) is 0.127. The van der Waals surface area contributed by atoms with Crippen molar-refractivity contribution < 1.29 is 33.1 Å². The molecule has 2 fully saturated rings. The van der Waals surface area contributed by atoms with Gasteiger partial charge in [0.25, 0.3) is 11.8 Å². The highest BCUT2D eigenvalue weighted by atomic mass is 35.5. The molecule has 2 aliphatic heterocycles. The number of hydrogen-bond donors (Lipinski definition) is 2. The highest BCUT2D eigenvalue weighted by molar-refractivity contribution is 6.31. The van der Waals surface area contributed by atoms with E-state index in [2.05, 4.69) is 25.6 Å². The lowest BCUT2D eigenvalue weighted by Gasteiger charge is -2.24. The van der Waals surface area contributed by atoms with Crippen molar-refractivity contribution in [2.24, 2.45) is 0 Å². The Kier molecular flexibility index (Phi) is 11.4. The van der Waals surface area contributed by atoms with Gasteiger partial charge in [0.2, 0.25) is 17.7 Å². The van der Waals surface area contributed by atoms with Crippen LogP contribution in [0.2, 0.25) is 10.3 Å². The van der Waals surface area contributed by atoms with Crippen LogP contribution in [0.1, 0.15) is 46.7 Å². The number of halogens is 2. The number of pyridine rings is 2. The van der Waals surface area contributed by atoms with Crippen molar-refractivity contribution in [1.82, 2.24) is 24.8 Å². The number of nitrogens with one attached hydrogen (secondary N) is 2. The van der Waals surface area contributed by atoms with E-state index in [4.69, 9.17) is 37.1 Å². The summed E-state index contributed by atoms with van der Waals surface area (Å²) >= 11 is 12.7. The number of oxazole rings is 1. The first-order chi connectivity index (χ1) is 30.6. The van der Waals surface area contributed by atoms with E-state index in [1.807, 2.05) is 12.1 Å². The standard InChI is InChI=1S/C47H39Cl2N7O7/c1-61-36-11-3-7-30-32(36)23-39(48)53-41(30)46(59)55-21-5-9-34(55)43(57)51-28-17-13-26(14-18-28)38-25-50-45(63-38)27-15-19-29(20-16-27)52-44(58)35-10-6-22-56(35)47(60)42-31-8-4-12-37(62-2)33(31)24-40(49)54-42/h3-4,7-8,11-20,23-25,34-35H,5-6,9-10,21-22H2,1-2H3,(H,51,57)(H,52,58). The third-order valence-corrected chi connectivity index (χ3v) is 11.8. The van der Waals surface area contributed by atoms with Gasteiger partial charge in [0.05, 0.1) is 20.4 Å². The van der Waals surface area contributed by atoms with E-state index in [9.17, 15) is 19.2 Å². The Balaban J connectivity index is 0.827. The third kappa shape index (κ3) is 8.10. The van der Waals surface area contributed by atoms with Gasteiger partial charge in [-0.3, -0.25) is 19.2 Å². The zero-order chi connectivity index (χ0) is 43.8. The highest BCUT2D eigenvalue weighted by Crippen LogP contribution is 2.34. The molecule has 63 heavy (non-hydrogen) atoms. The normalized spacial score (nSPS) is 16.1. The summed E-state index contributed by atoms with van der Waals surface area (Å²) in [7, 11) is 3.09. The Morgan fingerprint density at radius 1 is 0.635 bits per heavy atom. The summed E-state index contributed by atoms with van der Waals surface area (Å²) in [4.78, 5) is 71.1. The van der Waals surface area contributed by atoms with Crippen molar-refractivity contribution in [1.29, 1.82) is 0 Å². The molecule has 7 aromatic rings. The van der Waals surface area contributed by atoms with Crippen LogP contribution < -0.4 is 20.1 Å². The van der Waals surface area contributed by atoms with Gasteiger partial charge in [0.1, 0.15) is 45.3 Å². The maximum absolute atomic E-state index is 13.9. The van der Waals surface area contributed by atoms with Gasteiger partial charge in [-0.2, -0.15) is 0 Å². The topological polar surface area (TPSA) is 169 Å². The van der Waals surface area contributed by atoms with Crippen LogP contribution >= 0.6 is 23.2 Å². The highest BCUT2D eigenvalue weighted by Gasteiger charge is 2.37. The molecular weight excluding hydrogens is 845 g/mol. The lowest BCUT2D eigenvalue weighted by Crippen LogP contribution is -2.43. The molecule has 0 saturated carbocycles. The molecule has 2 unspecified atom stereocenters. The van der Waals surface area contributed by atoms with Crippen molar-refractivity contribution in [3.05, 3.63) is 125 Å². The molecule has 2 atom stereocenters. The van der Waals surface area contributed by atoms with Crippen molar-refractivity contribution in [2.45, 2.75) is 37.8 Å².